The predicted octanol–water partition coefficient (Wildman–Crippen LogP) is -15.1. The zero-order chi connectivity index (χ0) is 20.0. The van der Waals surface area contributed by atoms with E-state index in [0.29, 0.717) is 0 Å². The number of aliphatic hydroxyl groups excluding tert-OH is 2. The maximum atomic E-state index is 11.3. The van der Waals surface area contributed by atoms with Crippen molar-refractivity contribution in [1.82, 2.24) is 19.5 Å². The van der Waals surface area contributed by atoms with Crippen LogP contribution in [0.2, 0.25) is 0 Å². The summed E-state index contributed by atoms with van der Waals surface area (Å²) in [6, 6.07) is 0. The first-order chi connectivity index (χ1) is 12.5. The average Bonchev–Trinajstić information content (AvgIpc) is 3.07. The molecule has 174 valence electrons. The number of hydrogen-bond acceptors (Lipinski definition) is 14. The Morgan fingerprint density at radius 2 is 1.64 bits per heavy atom. The van der Waals surface area contributed by atoms with Gasteiger partial charge in [0.05, 0.1) is 20.8 Å². The molecule has 0 bridgehead atoms. The average molecular weight is 547 g/mol. The molecule has 0 saturated carbocycles. The molecule has 2 aromatic rings. The fraction of sp³-hybridized carbons (Fsp3) is 0.500. The Balaban J connectivity index is -0.000000701. The van der Waals surface area contributed by atoms with Crippen LogP contribution in [0.5, 0.6) is 0 Å². The van der Waals surface area contributed by atoms with Crippen molar-refractivity contribution in [2.75, 3.05) is 12.3 Å². The molecule has 0 spiro atoms. The maximum Gasteiger partial charge on any atom is 1.00 e. The summed E-state index contributed by atoms with van der Waals surface area (Å²) in [5, 5.41) is 20.2. The van der Waals surface area contributed by atoms with Crippen LogP contribution >= 0.6 is 15.6 Å². The molecule has 0 radical (unpaired) electrons. The minimum Gasteiger partial charge on any atom is -0.790 e. The number of phosphoric acid groups is 2. The molecular weight excluding hydrogens is 529 g/mol. The number of rotatable bonds is 6. The molecule has 5 atom stereocenters. The molecule has 0 aliphatic carbocycles. The number of nitrogens with zero attached hydrogens (tertiary/aromatic N) is 4. The quantitative estimate of drug-likeness (QED) is 0.223. The van der Waals surface area contributed by atoms with Crippen molar-refractivity contribution in [3.05, 3.63) is 12.7 Å². The Morgan fingerprint density at radius 1 is 1.06 bits per heavy atom. The summed E-state index contributed by atoms with van der Waals surface area (Å²) in [5.74, 6) is 0.0655. The predicted molar refractivity (Wildman–Crippen MR) is 88.8 cm³/mol. The molecule has 1 aliphatic rings. The molecule has 1 aliphatic heterocycles. The first kappa shape index (κ1) is 41.5. The third-order valence-corrected chi connectivity index (χ3v) is 5.66. The summed E-state index contributed by atoms with van der Waals surface area (Å²) in [4.78, 5) is 43.7. The van der Waals surface area contributed by atoms with E-state index in [1.165, 1.54) is 10.9 Å². The Hall–Kier alpha value is 1.37. The molecular formula is C10H18N5Na3O13P2. The van der Waals surface area contributed by atoms with E-state index in [1.807, 2.05) is 0 Å². The van der Waals surface area contributed by atoms with Crippen molar-refractivity contribution in [1.29, 1.82) is 0 Å². The van der Waals surface area contributed by atoms with E-state index in [0.717, 1.165) is 6.33 Å². The van der Waals surface area contributed by atoms with E-state index >= 15 is 0 Å². The zero-order valence-electron chi connectivity index (χ0n) is 17.6. The number of imidazole rings is 1. The summed E-state index contributed by atoms with van der Waals surface area (Å²) in [6.07, 6.45) is -3.48. The standard InChI is InChI=1S/C10H15N5O10P2.3Na.3H2O/c11-8-5-9(13-2-12-8)15(3-14-5)10-7(17)6(16)4(24-10)1-23-27(21,22)25-26(18,19)20;;;;;;/h2-4,6-7,10,16-17H,1H2,(H,21,22)(H2,11,12,13)(H2,18,19,20);;;;3*1H2/q;3*+1;;;/p-3/t4-,6-,7-,10-;;;;;;/m1....../s1. The van der Waals surface area contributed by atoms with E-state index in [9.17, 15) is 34.0 Å². The van der Waals surface area contributed by atoms with Gasteiger partial charge in [0.15, 0.2) is 17.7 Å². The van der Waals surface area contributed by atoms with Crippen LogP contribution in [0.4, 0.5) is 5.82 Å². The molecule has 0 amide bonds. The summed E-state index contributed by atoms with van der Waals surface area (Å²) in [6.45, 7) is -0.931. The van der Waals surface area contributed by atoms with Crippen molar-refractivity contribution in [2.45, 2.75) is 24.5 Å². The first-order valence-corrected chi connectivity index (χ1v) is 10.0. The van der Waals surface area contributed by atoms with Crippen LogP contribution in [0.25, 0.3) is 11.2 Å². The smallest absolute Gasteiger partial charge is 0.790 e. The molecule has 1 fully saturated rings. The summed E-state index contributed by atoms with van der Waals surface area (Å²) >= 11 is 0. The fourth-order valence-corrected chi connectivity index (χ4v) is 3.96. The number of nitrogen functional groups attached to an aromatic ring is 1. The molecule has 33 heavy (non-hydrogen) atoms. The van der Waals surface area contributed by atoms with Gasteiger partial charge in [0.2, 0.25) is 0 Å². The molecule has 1 saturated heterocycles. The minimum atomic E-state index is -5.85. The van der Waals surface area contributed by atoms with Gasteiger partial charge in [-0.2, -0.15) is 0 Å². The number of fused-ring (bicyclic) bond motifs is 1. The summed E-state index contributed by atoms with van der Waals surface area (Å²) in [7, 11) is -11.4. The summed E-state index contributed by atoms with van der Waals surface area (Å²) < 4.78 is 35.7. The zero-order valence-corrected chi connectivity index (χ0v) is 25.4. The summed E-state index contributed by atoms with van der Waals surface area (Å²) in [5.41, 5.74) is 6.04. The fourth-order valence-electron chi connectivity index (χ4n) is 2.46. The van der Waals surface area contributed by atoms with Gasteiger partial charge in [-0.15, -0.1) is 0 Å². The molecule has 3 rings (SSSR count). The normalized spacial score (nSPS) is 23.3. The van der Waals surface area contributed by atoms with Gasteiger partial charge in [0.1, 0.15) is 30.2 Å². The molecule has 18 nitrogen and oxygen atoms in total. The number of phosphoric ester groups is 1. The van der Waals surface area contributed by atoms with Crippen LogP contribution < -0.4 is 109 Å². The van der Waals surface area contributed by atoms with Gasteiger partial charge in [-0.3, -0.25) is 13.4 Å². The van der Waals surface area contributed by atoms with Gasteiger partial charge in [0.25, 0.3) is 7.82 Å². The third kappa shape index (κ3) is 10.3. The number of aromatic nitrogens is 4. The molecule has 23 heteroatoms. The topological polar surface area (TPSA) is 336 Å². The monoisotopic (exact) mass is 547 g/mol. The van der Waals surface area contributed by atoms with Crippen LogP contribution in [-0.2, 0) is 22.7 Å². The van der Waals surface area contributed by atoms with Crippen molar-refractivity contribution in [3.8, 4) is 0 Å². The molecule has 3 heterocycles. The second kappa shape index (κ2) is 16.3. The third-order valence-electron chi connectivity index (χ3n) is 3.60. The van der Waals surface area contributed by atoms with Gasteiger partial charge >= 0.3 is 88.7 Å². The Labute approximate surface area is 251 Å². The van der Waals surface area contributed by atoms with Crippen molar-refractivity contribution in [3.63, 3.8) is 0 Å². The molecule has 10 N–H and O–H groups in total. The van der Waals surface area contributed by atoms with E-state index in [2.05, 4.69) is 23.8 Å². The van der Waals surface area contributed by atoms with E-state index in [-0.39, 0.29) is 122 Å². The molecule has 2 aromatic heterocycles. The Kier molecular flexibility index (Phi) is 20.4. The van der Waals surface area contributed by atoms with Crippen LogP contribution in [0, 0.1) is 0 Å². The van der Waals surface area contributed by atoms with E-state index in [1.54, 1.807) is 0 Å². The van der Waals surface area contributed by atoms with Crippen molar-refractivity contribution < 1.29 is 153 Å². The van der Waals surface area contributed by atoms with Gasteiger partial charge in [-0.25, -0.2) is 15.0 Å². The SMILES string of the molecule is Nc1ncnc2c1ncn2[C@@H]1O[C@H](COP(=O)([O-])OP(=O)([O-])[O-])[C@@H](O)[C@H]1O.O.O.O.[Na+].[Na+].[Na+]. The van der Waals surface area contributed by atoms with Crippen molar-refractivity contribution in [2.24, 2.45) is 0 Å². The number of anilines is 1. The Bertz CT molecular complexity index is 951. The van der Waals surface area contributed by atoms with Crippen LogP contribution in [0.1, 0.15) is 6.23 Å². The largest absolute Gasteiger partial charge is 1.00 e. The Morgan fingerprint density at radius 3 is 2.18 bits per heavy atom. The van der Waals surface area contributed by atoms with Gasteiger partial charge < -0.3 is 60.9 Å². The van der Waals surface area contributed by atoms with Gasteiger partial charge in [-0.05, 0) is 0 Å². The van der Waals surface area contributed by atoms with Crippen LogP contribution in [-0.4, -0.2) is 71.1 Å². The van der Waals surface area contributed by atoms with Crippen LogP contribution in [0.15, 0.2) is 12.7 Å². The number of aliphatic hydroxyl groups is 2. The maximum absolute atomic E-state index is 11.3. The minimum absolute atomic E-state index is 0. The number of hydrogen-bond donors (Lipinski definition) is 3. The first-order valence-electron chi connectivity index (χ1n) is 7.12. The number of ether oxygens (including phenoxy) is 1. The van der Waals surface area contributed by atoms with Crippen molar-refractivity contribution >= 4 is 32.6 Å². The van der Waals surface area contributed by atoms with Crippen LogP contribution in [0.3, 0.4) is 0 Å². The second-order valence-electron chi connectivity index (χ2n) is 5.40. The number of nitrogens with two attached hydrogens (primary N) is 1. The second-order valence-corrected chi connectivity index (χ2v) is 8.10. The molecule has 0 aromatic carbocycles. The molecule has 1 unspecified atom stereocenters. The van der Waals surface area contributed by atoms with E-state index < -0.39 is 46.8 Å². The van der Waals surface area contributed by atoms with E-state index in [4.69, 9.17) is 10.5 Å². The van der Waals surface area contributed by atoms with Gasteiger partial charge in [-0.1, -0.05) is 0 Å². The van der Waals surface area contributed by atoms with Gasteiger partial charge in [0, 0.05) is 0 Å².